The molecule has 1 amide bonds. The number of benzene rings is 3. The molecule has 0 saturated carbocycles. The van der Waals surface area contributed by atoms with Crippen LogP contribution in [-0.2, 0) is 11.3 Å². The van der Waals surface area contributed by atoms with Gasteiger partial charge >= 0.3 is 0 Å². The van der Waals surface area contributed by atoms with Crippen LogP contribution in [0.15, 0.2) is 78.9 Å². The third kappa shape index (κ3) is 6.09. The summed E-state index contributed by atoms with van der Waals surface area (Å²) < 4.78 is 11.2. The van der Waals surface area contributed by atoms with Crippen LogP contribution in [0.5, 0.6) is 11.5 Å². The number of amides is 1. The highest BCUT2D eigenvalue weighted by molar-refractivity contribution is 5.96. The number of nitrogens with one attached hydrogen (secondary N) is 1. The summed E-state index contributed by atoms with van der Waals surface area (Å²) in [4.78, 5) is 15.5. The topological polar surface area (TPSA) is 50.8 Å². The second-order valence-electron chi connectivity index (χ2n) is 7.22. The number of anilines is 1. The molecule has 0 heterocycles. The predicted molar refractivity (Wildman–Crippen MR) is 125 cm³/mol. The van der Waals surface area contributed by atoms with Crippen LogP contribution in [0, 0.1) is 0 Å². The third-order valence-corrected chi connectivity index (χ3v) is 4.92. The summed E-state index contributed by atoms with van der Waals surface area (Å²) in [6.07, 6.45) is 0. The highest BCUT2D eigenvalue weighted by atomic mass is 16.5. The first-order chi connectivity index (χ1) is 15.1. The van der Waals surface area contributed by atoms with Gasteiger partial charge in [-0.2, -0.15) is 0 Å². The van der Waals surface area contributed by atoms with Gasteiger partial charge in [0.15, 0.2) is 0 Å². The molecule has 1 N–H and O–H groups in total. The number of ether oxygens (including phenoxy) is 2. The standard InChI is InChI=1S/C26H30N2O3/c1-4-30-22-17-15-20(16-18-22)19-28(3)25(21-11-7-6-8-12-21)26(29)27-23-13-9-10-14-24(23)31-5-2/h6-18,25H,4-5,19H2,1-3H3,(H,27,29). The lowest BCUT2D eigenvalue weighted by Crippen LogP contribution is -2.34. The molecule has 0 aliphatic heterocycles. The van der Waals surface area contributed by atoms with Crippen LogP contribution in [0.25, 0.3) is 0 Å². The molecule has 1 unspecified atom stereocenters. The van der Waals surface area contributed by atoms with Crippen LogP contribution in [0.1, 0.15) is 31.0 Å². The third-order valence-electron chi connectivity index (χ3n) is 4.92. The van der Waals surface area contributed by atoms with E-state index in [4.69, 9.17) is 9.47 Å². The molecule has 3 aromatic rings. The first-order valence-corrected chi connectivity index (χ1v) is 10.6. The molecule has 0 aliphatic rings. The zero-order chi connectivity index (χ0) is 22.1. The Labute approximate surface area is 184 Å². The van der Waals surface area contributed by atoms with Gasteiger partial charge < -0.3 is 14.8 Å². The number of para-hydroxylation sites is 2. The van der Waals surface area contributed by atoms with Crippen molar-refractivity contribution in [3.8, 4) is 11.5 Å². The molecule has 3 aromatic carbocycles. The lowest BCUT2D eigenvalue weighted by Gasteiger charge is -2.28. The number of hydrogen-bond acceptors (Lipinski definition) is 4. The van der Waals surface area contributed by atoms with Crippen LogP contribution in [0.4, 0.5) is 5.69 Å². The minimum Gasteiger partial charge on any atom is -0.494 e. The highest BCUT2D eigenvalue weighted by Crippen LogP contribution is 2.28. The van der Waals surface area contributed by atoms with E-state index < -0.39 is 6.04 Å². The SMILES string of the molecule is CCOc1ccc(CN(C)C(C(=O)Nc2ccccc2OCC)c2ccccc2)cc1. The van der Waals surface area contributed by atoms with Crippen LogP contribution in [-0.4, -0.2) is 31.1 Å². The molecule has 5 nitrogen and oxygen atoms in total. The van der Waals surface area contributed by atoms with E-state index in [9.17, 15) is 4.79 Å². The normalized spacial score (nSPS) is 11.7. The molecule has 3 rings (SSSR count). The maximum Gasteiger partial charge on any atom is 0.246 e. The van der Waals surface area contributed by atoms with Crippen molar-refractivity contribution in [1.29, 1.82) is 0 Å². The van der Waals surface area contributed by atoms with Crippen molar-refractivity contribution < 1.29 is 14.3 Å². The van der Waals surface area contributed by atoms with Gasteiger partial charge in [0.05, 0.1) is 18.9 Å². The van der Waals surface area contributed by atoms with Gasteiger partial charge in [-0.3, -0.25) is 9.69 Å². The highest BCUT2D eigenvalue weighted by Gasteiger charge is 2.26. The molecule has 0 aliphatic carbocycles. The zero-order valence-electron chi connectivity index (χ0n) is 18.4. The molecule has 0 bridgehead atoms. The van der Waals surface area contributed by atoms with Crippen molar-refractivity contribution in [2.45, 2.75) is 26.4 Å². The number of carbonyl (C=O) groups excluding carboxylic acids is 1. The summed E-state index contributed by atoms with van der Waals surface area (Å²) in [6, 6.07) is 24.9. The molecule has 0 fully saturated rings. The van der Waals surface area contributed by atoms with Gasteiger partial charge in [0.2, 0.25) is 5.91 Å². The molecular formula is C26H30N2O3. The van der Waals surface area contributed by atoms with Crippen molar-refractivity contribution >= 4 is 11.6 Å². The van der Waals surface area contributed by atoms with Gasteiger partial charge in [0, 0.05) is 6.54 Å². The average molecular weight is 419 g/mol. The number of carbonyl (C=O) groups is 1. The Morgan fingerprint density at radius 3 is 2.19 bits per heavy atom. The monoisotopic (exact) mass is 418 g/mol. The summed E-state index contributed by atoms with van der Waals surface area (Å²) in [7, 11) is 1.96. The Hall–Kier alpha value is -3.31. The van der Waals surface area contributed by atoms with Gasteiger partial charge in [-0.05, 0) is 56.3 Å². The zero-order valence-corrected chi connectivity index (χ0v) is 18.4. The van der Waals surface area contributed by atoms with E-state index in [1.807, 2.05) is 105 Å². The summed E-state index contributed by atoms with van der Waals surface area (Å²) in [5.41, 5.74) is 2.71. The van der Waals surface area contributed by atoms with Crippen molar-refractivity contribution in [3.63, 3.8) is 0 Å². The van der Waals surface area contributed by atoms with E-state index in [1.165, 1.54) is 0 Å². The van der Waals surface area contributed by atoms with E-state index in [0.717, 1.165) is 16.9 Å². The molecule has 162 valence electrons. The van der Waals surface area contributed by atoms with Crippen LogP contribution in [0.2, 0.25) is 0 Å². The second kappa shape index (κ2) is 11.2. The van der Waals surface area contributed by atoms with Crippen LogP contribution >= 0.6 is 0 Å². The molecule has 31 heavy (non-hydrogen) atoms. The largest absolute Gasteiger partial charge is 0.494 e. The quantitative estimate of drug-likeness (QED) is 0.486. The van der Waals surface area contributed by atoms with Gasteiger partial charge in [0.25, 0.3) is 0 Å². The first-order valence-electron chi connectivity index (χ1n) is 10.6. The first kappa shape index (κ1) is 22.4. The van der Waals surface area contributed by atoms with E-state index in [-0.39, 0.29) is 5.91 Å². The minimum atomic E-state index is -0.456. The average Bonchev–Trinajstić information content (AvgIpc) is 2.78. The lowest BCUT2D eigenvalue weighted by molar-refractivity contribution is -0.121. The van der Waals surface area contributed by atoms with E-state index >= 15 is 0 Å². The molecule has 0 aromatic heterocycles. The van der Waals surface area contributed by atoms with Crippen LogP contribution in [0.3, 0.4) is 0 Å². The summed E-state index contributed by atoms with van der Waals surface area (Å²) in [5, 5.41) is 3.06. The smallest absolute Gasteiger partial charge is 0.246 e. The van der Waals surface area contributed by atoms with Crippen LogP contribution < -0.4 is 14.8 Å². The molecule has 1 atom stereocenters. The Bertz CT molecular complexity index is 958. The summed E-state index contributed by atoms with van der Waals surface area (Å²) >= 11 is 0. The Kier molecular flexibility index (Phi) is 8.07. The molecule has 0 saturated heterocycles. The Balaban J connectivity index is 1.82. The maximum absolute atomic E-state index is 13.4. The molecular weight excluding hydrogens is 388 g/mol. The fourth-order valence-electron chi connectivity index (χ4n) is 3.53. The fraction of sp³-hybridized carbons (Fsp3) is 0.269. The summed E-state index contributed by atoms with van der Waals surface area (Å²) in [5.74, 6) is 1.41. The molecule has 0 spiro atoms. The van der Waals surface area contributed by atoms with Gasteiger partial charge in [-0.1, -0.05) is 54.6 Å². The van der Waals surface area contributed by atoms with Gasteiger partial charge in [-0.15, -0.1) is 0 Å². The van der Waals surface area contributed by atoms with Crippen molar-refractivity contribution in [2.24, 2.45) is 0 Å². The Morgan fingerprint density at radius 1 is 0.871 bits per heavy atom. The molecule has 0 radical (unpaired) electrons. The lowest BCUT2D eigenvalue weighted by atomic mass is 10.0. The molecule has 5 heteroatoms. The Morgan fingerprint density at radius 2 is 1.52 bits per heavy atom. The van der Waals surface area contributed by atoms with Crippen molar-refractivity contribution in [1.82, 2.24) is 4.90 Å². The predicted octanol–water partition coefficient (Wildman–Crippen LogP) is 5.30. The second-order valence-corrected chi connectivity index (χ2v) is 7.22. The number of nitrogens with zero attached hydrogens (tertiary/aromatic N) is 1. The maximum atomic E-state index is 13.4. The summed E-state index contributed by atoms with van der Waals surface area (Å²) in [6.45, 7) is 5.68. The van der Waals surface area contributed by atoms with E-state index in [2.05, 4.69) is 5.32 Å². The van der Waals surface area contributed by atoms with Gasteiger partial charge in [0.1, 0.15) is 17.5 Å². The van der Waals surface area contributed by atoms with E-state index in [1.54, 1.807) is 0 Å². The number of rotatable bonds is 10. The van der Waals surface area contributed by atoms with Gasteiger partial charge in [-0.25, -0.2) is 0 Å². The number of hydrogen-bond donors (Lipinski definition) is 1. The van der Waals surface area contributed by atoms with E-state index in [0.29, 0.717) is 31.2 Å². The van der Waals surface area contributed by atoms with Crippen molar-refractivity contribution in [3.05, 3.63) is 90.0 Å². The van der Waals surface area contributed by atoms with Crippen molar-refractivity contribution in [2.75, 3.05) is 25.6 Å². The number of likely N-dealkylation sites (N-methyl/N-ethyl adjacent to an activating group) is 1. The minimum absolute atomic E-state index is 0.105. The fourth-order valence-corrected chi connectivity index (χ4v) is 3.53.